The van der Waals surface area contributed by atoms with E-state index >= 15 is 0 Å². The maximum Gasteiger partial charge on any atom is 0.410 e. The largest absolute Gasteiger partial charge is 0.444 e. The Morgan fingerprint density at radius 1 is 1.48 bits per heavy atom. The van der Waals surface area contributed by atoms with E-state index in [2.05, 4.69) is 0 Å². The first kappa shape index (κ1) is 17.9. The van der Waals surface area contributed by atoms with Gasteiger partial charge in [-0.25, -0.2) is 13.6 Å². The molecule has 1 heterocycles. The van der Waals surface area contributed by atoms with Crippen LogP contribution in [0.5, 0.6) is 0 Å². The molecule has 1 aromatic carbocycles. The molecule has 128 valence electrons. The van der Waals surface area contributed by atoms with Crippen molar-refractivity contribution in [3.8, 4) is 0 Å². The molecule has 7 heteroatoms. The van der Waals surface area contributed by atoms with Gasteiger partial charge in [-0.3, -0.25) is 0 Å². The van der Waals surface area contributed by atoms with E-state index in [1.807, 2.05) is 0 Å². The number of carbonyl (C=O) groups is 1. The molecule has 0 spiro atoms. The summed E-state index contributed by atoms with van der Waals surface area (Å²) in [6.07, 6.45) is -1.96. The number of halogens is 3. The highest BCUT2D eigenvalue weighted by Crippen LogP contribution is 2.27. The highest BCUT2D eigenvalue weighted by Gasteiger charge is 2.44. The van der Waals surface area contributed by atoms with Crippen molar-refractivity contribution in [2.24, 2.45) is 5.73 Å². The maximum absolute atomic E-state index is 14.1. The topological polar surface area (TPSA) is 55.6 Å². The number of ether oxygens (including phenoxy) is 1. The van der Waals surface area contributed by atoms with Crippen LogP contribution in [0, 0.1) is 5.82 Å². The molecule has 0 aliphatic carbocycles. The fraction of sp³-hybridized carbons (Fsp3) is 0.562. The third-order valence-corrected chi connectivity index (χ3v) is 4.01. The van der Waals surface area contributed by atoms with E-state index in [-0.39, 0.29) is 18.0 Å². The summed E-state index contributed by atoms with van der Waals surface area (Å²) in [7, 11) is 0. The summed E-state index contributed by atoms with van der Waals surface area (Å²) in [4.78, 5) is 13.5. The van der Waals surface area contributed by atoms with Gasteiger partial charge in [-0.05, 0) is 38.8 Å². The van der Waals surface area contributed by atoms with Gasteiger partial charge >= 0.3 is 6.09 Å². The van der Waals surface area contributed by atoms with Crippen LogP contribution >= 0.6 is 11.6 Å². The summed E-state index contributed by atoms with van der Waals surface area (Å²) in [5.74, 6) is -0.576. The van der Waals surface area contributed by atoms with Crippen LogP contribution in [-0.2, 0) is 11.2 Å². The number of amides is 1. The zero-order chi connectivity index (χ0) is 17.4. The third-order valence-electron chi connectivity index (χ3n) is 3.72. The zero-order valence-corrected chi connectivity index (χ0v) is 14.1. The van der Waals surface area contributed by atoms with Gasteiger partial charge in [0.05, 0.1) is 23.7 Å². The number of carbonyl (C=O) groups excluding carboxylic acids is 1. The lowest BCUT2D eigenvalue weighted by Gasteiger charge is -2.29. The van der Waals surface area contributed by atoms with Crippen molar-refractivity contribution in [3.05, 3.63) is 34.6 Å². The second-order valence-corrected chi connectivity index (χ2v) is 7.12. The van der Waals surface area contributed by atoms with Crippen LogP contribution in [0.15, 0.2) is 18.2 Å². The zero-order valence-electron chi connectivity index (χ0n) is 13.4. The van der Waals surface area contributed by atoms with E-state index in [4.69, 9.17) is 22.1 Å². The summed E-state index contributed by atoms with van der Waals surface area (Å²) < 4.78 is 33.4. The van der Waals surface area contributed by atoms with E-state index in [1.54, 1.807) is 32.9 Å². The van der Waals surface area contributed by atoms with Crippen LogP contribution in [0.3, 0.4) is 0 Å². The van der Waals surface area contributed by atoms with Gasteiger partial charge < -0.3 is 15.4 Å². The number of rotatable bonds is 2. The molecule has 2 rings (SSSR count). The molecule has 23 heavy (non-hydrogen) atoms. The molecule has 0 bridgehead atoms. The summed E-state index contributed by atoms with van der Waals surface area (Å²) in [5, 5.41) is -0.0188. The lowest BCUT2D eigenvalue weighted by atomic mass is 10.00. The number of nitrogens with zero attached hydrogens (tertiary/aromatic N) is 1. The lowest BCUT2D eigenvalue weighted by Crippen LogP contribution is -2.46. The summed E-state index contributed by atoms with van der Waals surface area (Å²) in [6, 6.07) is 2.99. The summed E-state index contributed by atoms with van der Waals surface area (Å²) >= 11 is 5.76. The van der Waals surface area contributed by atoms with Crippen molar-refractivity contribution < 1.29 is 18.3 Å². The Bertz CT molecular complexity index is 592. The number of hydrogen-bond donors (Lipinski definition) is 1. The molecule has 0 aromatic heterocycles. The monoisotopic (exact) mass is 346 g/mol. The van der Waals surface area contributed by atoms with E-state index in [0.717, 1.165) is 0 Å². The van der Waals surface area contributed by atoms with Crippen molar-refractivity contribution in [2.75, 3.05) is 6.54 Å². The Morgan fingerprint density at radius 2 is 2.13 bits per heavy atom. The summed E-state index contributed by atoms with van der Waals surface area (Å²) in [5.41, 5.74) is 5.46. The SMILES string of the molecule is CC(C)(C)OC(=O)N1CC(F)C(N)C1Cc1cccc(Cl)c1F. The predicted octanol–water partition coefficient (Wildman–Crippen LogP) is 3.31. The maximum atomic E-state index is 14.1. The van der Waals surface area contributed by atoms with Gasteiger partial charge in [-0.15, -0.1) is 0 Å². The number of benzene rings is 1. The quantitative estimate of drug-likeness (QED) is 0.893. The molecule has 1 aliphatic rings. The van der Waals surface area contributed by atoms with Crippen molar-refractivity contribution >= 4 is 17.7 Å². The van der Waals surface area contributed by atoms with Crippen LogP contribution in [0.2, 0.25) is 5.02 Å². The molecule has 3 unspecified atom stereocenters. The Kier molecular flexibility index (Phi) is 5.16. The van der Waals surface area contributed by atoms with E-state index in [9.17, 15) is 13.6 Å². The smallest absolute Gasteiger partial charge is 0.410 e. The van der Waals surface area contributed by atoms with Gasteiger partial charge in [0, 0.05) is 0 Å². The fourth-order valence-corrected chi connectivity index (χ4v) is 2.80. The highest BCUT2D eigenvalue weighted by molar-refractivity contribution is 6.30. The third kappa shape index (κ3) is 4.12. The van der Waals surface area contributed by atoms with Crippen molar-refractivity contribution in [3.63, 3.8) is 0 Å². The standard InChI is InChI=1S/C16H21ClF2N2O2/c1-16(2,3)23-15(22)21-8-11(18)14(20)12(21)7-9-5-4-6-10(17)13(9)19/h4-6,11-12,14H,7-8,20H2,1-3H3. The molecular formula is C16H21ClF2N2O2. The second-order valence-electron chi connectivity index (χ2n) is 6.71. The van der Waals surface area contributed by atoms with Gasteiger partial charge in [0.1, 0.15) is 17.6 Å². The van der Waals surface area contributed by atoms with Crippen LogP contribution in [0.4, 0.5) is 13.6 Å². The molecule has 3 atom stereocenters. The first-order valence-corrected chi connectivity index (χ1v) is 7.80. The Balaban J connectivity index is 2.22. The molecule has 2 N–H and O–H groups in total. The number of hydrogen-bond acceptors (Lipinski definition) is 3. The lowest BCUT2D eigenvalue weighted by molar-refractivity contribution is 0.0214. The normalized spacial score (nSPS) is 24.8. The van der Waals surface area contributed by atoms with Crippen molar-refractivity contribution in [1.82, 2.24) is 4.90 Å². The van der Waals surface area contributed by atoms with E-state index in [1.165, 1.54) is 11.0 Å². The Hall–Kier alpha value is -1.40. The van der Waals surface area contributed by atoms with Crippen LogP contribution in [-0.4, -0.2) is 41.4 Å². The van der Waals surface area contributed by atoms with Gasteiger partial charge in [0.2, 0.25) is 0 Å². The van der Waals surface area contributed by atoms with E-state index in [0.29, 0.717) is 5.56 Å². The molecule has 1 aliphatic heterocycles. The molecule has 0 radical (unpaired) electrons. The minimum absolute atomic E-state index is 0.0188. The van der Waals surface area contributed by atoms with Crippen LogP contribution in [0.1, 0.15) is 26.3 Å². The average molecular weight is 347 g/mol. The number of alkyl halides is 1. The Morgan fingerprint density at radius 3 is 2.74 bits per heavy atom. The van der Waals surface area contributed by atoms with E-state index < -0.39 is 35.8 Å². The van der Waals surface area contributed by atoms with Gasteiger partial charge in [-0.1, -0.05) is 23.7 Å². The van der Waals surface area contributed by atoms with Crippen LogP contribution in [0.25, 0.3) is 0 Å². The minimum Gasteiger partial charge on any atom is -0.444 e. The molecular weight excluding hydrogens is 326 g/mol. The molecule has 1 aromatic rings. The first-order valence-electron chi connectivity index (χ1n) is 7.42. The Labute approximate surface area is 139 Å². The van der Waals surface area contributed by atoms with Gasteiger partial charge in [0.25, 0.3) is 0 Å². The van der Waals surface area contributed by atoms with Crippen molar-refractivity contribution in [1.29, 1.82) is 0 Å². The van der Waals surface area contributed by atoms with Crippen LogP contribution < -0.4 is 5.73 Å². The molecule has 1 amide bonds. The van der Waals surface area contributed by atoms with Gasteiger partial charge in [0.15, 0.2) is 0 Å². The number of nitrogens with two attached hydrogens (primary N) is 1. The fourth-order valence-electron chi connectivity index (χ4n) is 2.60. The van der Waals surface area contributed by atoms with Gasteiger partial charge in [-0.2, -0.15) is 0 Å². The molecule has 1 fully saturated rings. The summed E-state index contributed by atoms with van der Waals surface area (Å²) in [6.45, 7) is 5.00. The predicted molar refractivity (Wildman–Crippen MR) is 84.7 cm³/mol. The second kappa shape index (κ2) is 6.61. The molecule has 0 saturated carbocycles. The average Bonchev–Trinajstić information content (AvgIpc) is 2.70. The number of likely N-dealkylation sites (tertiary alicyclic amines) is 1. The van der Waals surface area contributed by atoms with Crippen molar-refractivity contribution in [2.45, 2.75) is 51.0 Å². The molecule has 1 saturated heterocycles. The molecule has 4 nitrogen and oxygen atoms in total. The first-order chi connectivity index (χ1) is 10.6. The minimum atomic E-state index is -1.38. The highest BCUT2D eigenvalue weighted by atomic mass is 35.5.